The van der Waals surface area contributed by atoms with Gasteiger partial charge in [-0.15, -0.1) is 0 Å². The number of hydrogen-bond donors (Lipinski definition) is 1. The van der Waals surface area contributed by atoms with Gasteiger partial charge in [-0.3, -0.25) is 0 Å². The van der Waals surface area contributed by atoms with Gasteiger partial charge in [-0.05, 0) is 19.1 Å². The fourth-order valence-electron chi connectivity index (χ4n) is 1.50. The molecule has 0 aliphatic carbocycles. The highest BCUT2D eigenvalue weighted by Gasteiger charge is 2.18. The Bertz CT molecular complexity index is 652. The topological polar surface area (TPSA) is 51.2 Å². The van der Waals surface area contributed by atoms with Crippen LogP contribution >= 0.6 is 27.3 Å². The van der Waals surface area contributed by atoms with Crippen LogP contribution in [0.3, 0.4) is 0 Å². The minimum Gasteiger partial charge on any atom is -0.465 e. The number of methoxy groups -OCH3 is 1. The summed E-state index contributed by atoms with van der Waals surface area (Å²) in [7, 11) is 1.25. The molecular formula is C12H9BrF2N2O2S. The highest BCUT2D eigenvalue weighted by atomic mass is 79.9. The van der Waals surface area contributed by atoms with E-state index in [1.165, 1.54) is 7.11 Å². The Kier molecular flexibility index (Phi) is 4.34. The number of nitrogens with zero attached hydrogens (tertiary/aromatic N) is 1. The van der Waals surface area contributed by atoms with E-state index < -0.39 is 17.6 Å². The number of carbonyl (C=O) groups excluding carboxylic acids is 1. The van der Waals surface area contributed by atoms with Crippen molar-refractivity contribution in [3.05, 3.63) is 38.8 Å². The lowest BCUT2D eigenvalue weighted by Gasteiger charge is -2.06. The monoisotopic (exact) mass is 362 g/mol. The zero-order valence-electron chi connectivity index (χ0n) is 10.5. The molecule has 0 radical (unpaired) electrons. The second-order valence-electron chi connectivity index (χ2n) is 3.79. The molecule has 1 aromatic carbocycles. The number of aryl methyl sites for hydroxylation is 1. The van der Waals surface area contributed by atoms with Crippen LogP contribution in [-0.2, 0) is 4.74 Å². The molecule has 0 bridgehead atoms. The van der Waals surface area contributed by atoms with E-state index in [1.54, 1.807) is 6.92 Å². The van der Waals surface area contributed by atoms with Gasteiger partial charge in [0, 0.05) is 4.47 Å². The van der Waals surface area contributed by atoms with Crippen molar-refractivity contribution in [2.75, 3.05) is 12.4 Å². The van der Waals surface area contributed by atoms with Crippen LogP contribution in [0.1, 0.15) is 15.4 Å². The third-order valence-corrected chi connectivity index (χ3v) is 3.92. The molecule has 1 N–H and O–H groups in total. The molecule has 1 heterocycles. The van der Waals surface area contributed by atoms with Crippen LogP contribution in [0.25, 0.3) is 0 Å². The van der Waals surface area contributed by atoms with Crippen molar-refractivity contribution in [3.8, 4) is 0 Å². The molecule has 4 nitrogen and oxygen atoms in total. The van der Waals surface area contributed by atoms with Crippen LogP contribution in [0.2, 0.25) is 0 Å². The van der Waals surface area contributed by atoms with E-state index in [4.69, 9.17) is 0 Å². The van der Waals surface area contributed by atoms with Gasteiger partial charge in [-0.1, -0.05) is 27.3 Å². The number of halogens is 3. The molecule has 0 aliphatic heterocycles. The third-order valence-electron chi connectivity index (χ3n) is 2.41. The van der Waals surface area contributed by atoms with Gasteiger partial charge in [0.2, 0.25) is 0 Å². The van der Waals surface area contributed by atoms with Crippen molar-refractivity contribution in [3.63, 3.8) is 0 Å². The summed E-state index contributed by atoms with van der Waals surface area (Å²) in [5, 5.41) is 2.75. The molecule has 2 rings (SSSR count). The Morgan fingerprint density at radius 2 is 2.00 bits per heavy atom. The average molecular weight is 363 g/mol. The van der Waals surface area contributed by atoms with Crippen LogP contribution < -0.4 is 5.32 Å². The molecule has 0 saturated heterocycles. The second kappa shape index (κ2) is 5.84. The summed E-state index contributed by atoms with van der Waals surface area (Å²) in [4.78, 5) is 15.8. The first-order valence-electron chi connectivity index (χ1n) is 5.39. The van der Waals surface area contributed by atoms with Gasteiger partial charge in [0.1, 0.15) is 10.6 Å². The number of nitrogens with one attached hydrogen (secondary N) is 1. The minimum atomic E-state index is -0.760. The first kappa shape index (κ1) is 14.9. The molecule has 20 heavy (non-hydrogen) atoms. The fraction of sp³-hybridized carbons (Fsp3) is 0.167. The molecule has 0 saturated carbocycles. The molecule has 0 fully saturated rings. The summed E-state index contributed by atoms with van der Waals surface area (Å²) in [5.41, 5.74) is 0.112. The summed E-state index contributed by atoms with van der Waals surface area (Å²) in [6.45, 7) is 1.61. The van der Waals surface area contributed by atoms with E-state index in [0.717, 1.165) is 23.5 Å². The number of aromatic nitrogens is 1. The lowest BCUT2D eigenvalue weighted by Crippen LogP contribution is -1.99. The van der Waals surface area contributed by atoms with Gasteiger partial charge in [-0.2, -0.15) is 0 Å². The SMILES string of the molecule is COC(=O)c1sc(Nc2c(F)cc(Br)cc2F)nc1C. The number of rotatable bonds is 3. The Hall–Kier alpha value is -1.54. The van der Waals surface area contributed by atoms with Gasteiger partial charge < -0.3 is 10.1 Å². The van der Waals surface area contributed by atoms with E-state index in [0.29, 0.717) is 10.2 Å². The van der Waals surface area contributed by atoms with Crippen molar-refractivity contribution >= 4 is 44.1 Å². The van der Waals surface area contributed by atoms with Crippen LogP contribution in [0, 0.1) is 18.6 Å². The minimum absolute atomic E-state index is 0.211. The van der Waals surface area contributed by atoms with Crippen LogP contribution in [0.5, 0.6) is 0 Å². The lowest BCUT2D eigenvalue weighted by atomic mass is 10.3. The van der Waals surface area contributed by atoms with Gasteiger partial charge >= 0.3 is 5.97 Å². The smallest absolute Gasteiger partial charge is 0.350 e. The van der Waals surface area contributed by atoms with Crippen molar-refractivity contribution in [2.45, 2.75) is 6.92 Å². The predicted octanol–water partition coefficient (Wildman–Crippen LogP) is 4.02. The maximum absolute atomic E-state index is 13.7. The quantitative estimate of drug-likeness (QED) is 0.837. The zero-order chi connectivity index (χ0) is 14.9. The molecule has 0 amide bonds. The first-order valence-corrected chi connectivity index (χ1v) is 7.00. The van der Waals surface area contributed by atoms with E-state index in [9.17, 15) is 13.6 Å². The summed E-state index contributed by atoms with van der Waals surface area (Å²) in [6.07, 6.45) is 0. The van der Waals surface area contributed by atoms with Gasteiger partial charge in [0.25, 0.3) is 0 Å². The summed E-state index contributed by atoms with van der Waals surface area (Å²) in [5.74, 6) is -2.06. The molecule has 0 atom stereocenters. The highest BCUT2D eigenvalue weighted by molar-refractivity contribution is 9.10. The van der Waals surface area contributed by atoms with Crippen LogP contribution in [0.15, 0.2) is 16.6 Å². The van der Waals surface area contributed by atoms with Gasteiger partial charge in [0.15, 0.2) is 16.8 Å². The van der Waals surface area contributed by atoms with Crippen LogP contribution in [-0.4, -0.2) is 18.1 Å². The average Bonchev–Trinajstić information content (AvgIpc) is 2.74. The largest absolute Gasteiger partial charge is 0.465 e. The maximum atomic E-state index is 13.7. The summed E-state index contributed by atoms with van der Waals surface area (Å²) in [6, 6.07) is 2.26. The van der Waals surface area contributed by atoms with Crippen molar-refractivity contribution in [1.82, 2.24) is 4.98 Å². The molecule has 0 aliphatic rings. The Morgan fingerprint density at radius 3 is 2.55 bits per heavy atom. The number of benzene rings is 1. The third kappa shape index (κ3) is 2.96. The Balaban J connectivity index is 2.34. The summed E-state index contributed by atoms with van der Waals surface area (Å²) < 4.78 is 32.3. The Morgan fingerprint density at radius 1 is 1.40 bits per heavy atom. The molecule has 1 aromatic heterocycles. The number of ether oxygens (including phenoxy) is 1. The molecule has 8 heteroatoms. The van der Waals surface area contributed by atoms with E-state index in [-0.39, 0.29) is 15.7 Å². The van der Waals surface area contributed by atoms with E-state index in [2.05, 4.69) is 31.0 Å². The van der Waals surface area contributed by atoms with Gasteiger partial charge in [-0.25, -0.2) is 18.6 Å². The molecule has 0 unspecified atom stereocenters. The second-order valence-corrected chi connectivity index (χ2v) is 5.71. The van der Waals surface area contributed by atoms with Crippen molar-refractivity contribution in [1.29, 1.82) is 0 Å². The van der Waals surface area contributed by atoms with Gasteiger partial charge in [0.05, 0.1) is 12.8 Å². The number of esters is 1. The van der Waals surface area contributed by atoms with Crippen molar-refractivity contribution in [2.24, 2.45) is 0 Å². The van der Waals surface area contributed by atoms with Crippen molar-refractivity contribution < 1.29 is 18.3 Å². The number of carbonyl (C=O) groups is 1. The molecular weight excluding hydrogens is 354 g/mol. The van der Waals surface area contributed by atoms with E-state index >= 15 is 0 Å². The highest BCUT2D eigenvalue weighted by Crippen LogP contribution is 2.30. The Labute approximate surface area is 125 Å². The molecule has 106 valence electrons. The standard InChI is InChI=1S/C12H9BrF2N2O2S/c1-5-10(11(18)19-2)20-12(16-5)17-9-7(14)3-6(13)4-8(9)15/h3-4H,1-2H3,(H,16,17). The number of hydrogen-bond acceptors (Lipinski definition) is 5. The first-order chi connectivity index (χ1) is 9.42. The molecule has 0 spiro atoms. The van der Waals surface area contributed by atoms with E-state index in [1.807, 2.05) is 0 Å². The lowest BCUT2D eigenvalue weighted by molar-refractivity contribution is 0.0605. The maximum Gasteiger partial charge on any atom is 0.350 e. The number of anilines is 2. The normalized spacial score (nSPS) is 10.4. The fourth-order valence-corrected chi connectivity index (χ4v) is 2.79. The van der Waals surface area contributed by atoms with Crippen LogP contribution in [0.4, 0.5) is 19.6 Å². The predicted molar refractivity (Wildman–Crippen MR) is 75.5 cm³/mol. The summed E-state index contributed by atoms with van der Waals surface area (Å²) >= 11 is 3.96. The zero-order valence-corrected chi connectivity index (χ0v) is 12.9. The molecule has 2 aromatic rings. The number of thiazole rings is 1.